The lowest BCUT2D eigenvalue weighted by Gasteiger charge is -2.21. The number of rotatable bonds is 3. The van der Waals surface area contributed by atoms with Crippen molar-refractivity contribution in [2.45, 2.75) is 0 Å². The third-order valence-electron chi connectivity index (χ3n) is 9.98. The molecule has 1 aliphatic rings. The number of hydrogen-bond acceptors (Lipinski definition) is 3. The highest BCUT2D eigenvalue weighted by molar-refractivity contribution is 6.13. The standard InChI is InChI=1S/C44H25FN4O/c45-28-19-20-32-41(25-28)50-40-16-8-13-35-42(40)43(32)47-44(46-35)49-37-15-7-5-12-31(37)34-24-27(18-22-39(34)49)26-17-21-38-33(23-26)30-11-4-6-14-36(30)48(38)29-9-2-1-3-10-29/h1-25H. The van der Waals surface area contributed by atoms with Crippen molar-refractivity contribution in [3.05, 3.63) is 157 Å². The largest absolute Gasteiger partial charge is 0.456 e. The molecule has 0 saturated heterocycles. The molecule has 0 saturated carbocycles. The topological polar surface area (TPSA) is 44.9 Å². The van der Waals surface area contributed by atoms with E-state index in [9.17, 15) is 4.39 Å². The highest BCUT2D eigenvalue weighted by Crippen LogP contribution is 2.46. The van der Waals surface area contributed by atoms with Crippen LogP contribution in [0.1, 0.15) is 0 Å². The van der Waals surface area contributed by atoms with E-state index in [2.05, 4.69) is 118 Å². The van der Waals surface area contributed by atoms with Gasteiger partial charge >= 0.3 is 0 Å². The Bertz CT molecular complexity index is 3030. The summed E-state index contributed by atoms with van der Waals surface area (Å²) in [5.74, 6) is 1.27. The normalized spacial score (nSPS) is 12.3. The summed E-state index contributed by atoms with van der Waals surface area (Å²) in [5, 5.41) is 5.49. The Morgan fingerprint density at radius 1 is 0.480 bits per heavy atom. The van der Waals surface area contributed by atoms with Crippen LogP contribution in [0.4, 0.5) is 4.39 Å². The average molecular weight is 645 g/mol. The molecule has 4 heterocycles. The summed E-state index contributed by atoms with van der Waals surface area (Å²) in [6, 6.07) is 51.3. The summed E-state index contributed by atoms with van der Waals surface area (Å²) in [4.78, 5) is 10.2. The first-order chi connectivity index (χ1) is 24.7. The zero-order valence-corrected chi connectivity index (χ0v) is 26.5. The minimum Gasteiger partial charge on any atom is -0.456 e. The van der Waals surface area contributed by atoms with Gasteiger partial charge in [-0.2, -0.15) is 0 Å². The van der Waals surface area contributed by atoms with E-state index >= 15 is 0 Å². The van der Waals surface area contributed by atoms with Crippen LogP contribution in [0.5, 0.6) is 11.5 Å². The van der Waals surface area contributed by atoms with Crippen molar-refractivity contribution in [3.63, 3.8) is 0 Å². The van der Waals surface area contributed by atoms with Crippen LogP contribution in [0.25, 0.3) is 88.5 Å². The summed E-state index contributed by atoms with van der Waals surface area (Å²) in [6.07, 6.45) is 0. The van der Waals surface area contributed by atoms with Crippen LogP contribution in [-0.4, -0.2) is 19.1 Å². The molecule has 6 heteroatoms. The molecule has 0 N–H and O–H groups in total. The highest BCUT2D eigenvalue weighted by atomic mass is 19.1. The lowest BCUT2D eigenvalue weighted by atomic mass is 10.0. The van der Waals surface area contributed by atoms with E-state index in [0.717, 1.165) is 60.8 Å². The molecule has 1 aliphatic heterocycles. The molecule has 0 aliphatic carbocycles. The van der Waals surface area contributed by atoms with E-state index in [1.54, 1.807) is 6.07 Å². The Hall–Kier alpha value is -6.79. The fourth-order valence-electron chi connectivity index (χ4n) is 7.79. The van der Waals surface area contributed by atoms with Gasteiger partial charge in [0, 0.05) is 38.9 Å². The molecule has 0 amide bonds. The SMILES string of the molecule is Fc1ccc2c(c1)Oc1cccc3nc(-n4c5ccccc5c5cc(-c6ccc7c(c6)c6ccccc6n7-c6ccccc6)ccc54)nc-2c13. The molecule has 0 atom stereocenters. The first-order valence-electron chi connectivity index (χ1n) is 16.6. The summed E-state index contributed by atoms with van der Waals surface area (Å²) in [5.41, 5.74) is 10.0. The molecule has 11 rings (SSSR count). The van der Waals surface area contributed by atoms with E-state index in [1.165, 1.54) is 33.9 Å². The van der Waals surface area contributed by atoms with Crippen molar-refractivity contribution in [3.8, 4) is 45.5 Å². The molecule has 0 bridgehead atoms. The van der Waals surface area contributed by atoms with Crippen LogP contribution in [-0.2, 0) is 0 Å². The Morgan fingerprint density at radius 3 is 1.86 bits per heavy atom. The van der Waals surface area contributed by atoms with Gasteiger partial charge in [-0.3, -0.25) is 4.57 Å². The van der Waals surface area contributed by atoms with Gasteiger partial charge in [0.1, 0.15) is 17.3 Å². The number of hydrogen-bond donors (Lipinski definition) is 0. The average Bonchev–Trinajstić information content (AvgIpc) is 3.67. The smallest absolute Gasteiger partial charge is 0.235 e. The number of ether oxygens (including phenoxy) is 1. The summed E-state index contributed by atoms with van der Waals surface area (Å²) in [6.45, 7) is 0. The van der Waals surface area contributed by atoms with Gasteiger partial charge < -0.3 is 9.30 Å². The van der Waals surface area contributed by atoms with Crippen molar-refractivity contribution < 1.29 is 9.13 Å². The summed E-state index contributed by atoms with van der Waals surface area (Å²) < 4.78 is 24.8. The third kappa shape index (κ3) is 3.81. The highest BCUT2D eigenvalue weighted by Gasteiger charge is 2.25. The Balaban J connectivity index is 1.12. The lowest BCUT2D eigenvalue weighted by Crippen LogP contribution is -2.06. The van der Waals surface area contributed by atoms with Crippen LogP contribution in [0.3, 0.4) is 0 Å². The van der Waals surface area contributed by atoms with Crippen LogP contribution in [0.15, 0.2) is 152 Å². The number of fused-ring (bicyclic) bond motifs is 8. The van der Waals surface area contributed by atoms with Crippen LogP contribution < -0.4 is 4.74 Å². The number of nitrogens with zero attached hydrogens (tertiary/aromatic N) is 4. The second-order valence-corrected chi connectivity index (χ2v) is 12.8. The maximum absolute atomic E-state index is 14.3. The molecule has 0 unspecified atom stereocenters. The minimum atomic E-state index is -0.354. The van der Waals surface area contributed by atoms with E-state index < -0.39 is 0 Å². The second kappa shape index (κ2) is 10.1. The van der Waals surface area contributed by atoms with Gasteiger partial charge in [-0.25, -0.2) is 14.4 Å². The zero-order valence-electron chi connectivity index (χ0n) is 26.5. The third-order valence-corrected chi connectivity index (χ3v) is 9.98. The number of benzene rings is 7. The van der Waals surface area contributed by atoms with Gasteiger partial charge in [-0.05, 0) is 83.9 Å². The molecule has 50 heavy (non-hydrogen) atoms. The first-order valence-corrected chi connectivity index (χ1v) is 16.6. The molecule has 234 valence electrons. The molecule has 7 aromatic carbocycles. The van der Waals surface area contributed by atoms with Gasteiger partial charge in [0.15, 0.2) is 0 Å². The Kier molecular flexibility index (Phi) is 5.50. The van der Waals surface area contributed by atoms with Gasteiger partial charge in [0.05, 0.1) is 38.7 Å². The minimum absolute atomic E-state index is 0.354. The maximum atomic E-state index is 14.3. The van der Waals surface area contributed by atoms with Crippen LogP contribution >= 0.6 is 0 Å². The lowest BCUT2D eigenvalue weighted by molar-refractivity contribution is 0.480. The van der Waals surface area contributed by atoms with Crippen LogP contribution in [0.2, 0.25) is 0 Å². The van der Waals surface area contributed by atoms with E-state index in [0.29, 0.717) is 17.4 Å². The Morgan fingerprint density at radius 2 is 1.12 bits per heavy atom. The quantitative estimate of drug-likeness (QED) is 0.192. The van der Waals surface area contributed by atoms with Crippen LogP contribution in [0, 0.1) is 5.82 Å². The Labute approximate surface area is 285 Å². The predicted octanol–water partition coefficient (Wildman–Crippen LogP) is 11.4. The van der Waals surface area contributed by atoms with Gasteiger partial charge in [-0.1, -0.05) is 72.8 Å². The molecule has 10 aromatic rings. The zero-order chi connectivity index (χ0) is 32.9. The maximum Gasteiger partial charge on any atom is 0.235 e. The molecular weight excluding hydrogens is 620 g/mol. The van der Waals surface area contributed by atoms with Crippen molar-refractivity contribution in [1.29, 1.82) is 0 Å². The van der Waals surface area contributed by atoms with Gasteiger partial charge in [-0.15, -0.1) is 0 Å². The van der Waals surface area contributed by atoms with Crippen molar-refractivity contribution >= 4 is 54.5 Å². The van der Waals surface area contributed by atoms with E-state index in [4.69, 9.17) is 14.7 Å². The van der Waals surface area contributed by atoms with Gasteiger partial charge in [0.25, 0.3) is 0 Å². The first kappa shape index (κ1) is 27.2. The predicted molar refractivity (Wildman–Crippen MR) is 199 cm³/mol. The fourth-order valence-corrected chi connectivity index (χ4v) is 7.79. The van der Waals surface area contributed by atoms with Crippen molar-refractivity contribution in [2.24, 2.45) is 0 Å². The molecule has 0 fully saturated rings. The molecule has 0 radical (unpaired) electrons. The number of aromatic nitrogens is 4. The fraction of sp³-hybridized carbons (Fsp3) is 0. The van der Waals surface area contributed by atoms with E-state index in [1.807, 2.05) is 24.3 Å². The monoisotopic (exact) mass is 644 g/mol. The molecular formula is C44H25FN4O. The molecule has 0 spiro atoms. The van der Waals surface area contributed by atoms with E-state index in [-0.39, 0.29) is 5.82 Å². The van der Waals surface area contributed by atoms with Crippen molar-refractivity contribution in [2.75, 3.05) is 0 Å². The number of para-hydroxylation sites is 3. The van der Waals surface area contributed by atoms with Gasteiger partial charge in [0.2, 0.25) is 5.95 Å². The van der Waals surface area contributed by atoms with Crippen molar-refractivity contribution in [1.82, 2.24) is 19.1 Å². The summed E-state index contributed by atoms with van der Waals surface area (Å²) >= 11 is 0. The molecule has 5 nitrogen and oxygen atoms in total. The second-order valence-electron chi connectivity index (χ2n) is 12.8. The molecule has 3 aromatic heterocycles. The summed E-state index contributed by atoms with van der Waals surface area (Å²) in [7, 11) is 0. The number of halogens is 1.